The van der Waals surface area contributed by atoms with E-state index in [-0.39, 0.29) is 6.09 Å². The summed E-state index contributed by atoms with van der Waals surface area (Å²) in [7, 11) is 1.75. The smallest absolute Gasteiger partial charge is 0.410 e. The number of hydrogen-bond donors (Lipinski definition) is 2. The Balaban J connectivity index is 2.24. The lowest BCUT2D eigenvalue weighted by molar-refractivity contribution is 0.0238. The van der Waals surface area contributed by atoms with Crippen LogP contribution in [0.2, 0.25) is 0 Å². The summed E-state index contributed by atoms with van der Waals surface area (Å²) in [6.07, 6.45) is 2.82. The Morgan fingerprint density at radius 3 is 2.42 bits per heavy atom. The monoisotopic (exact) mass is 370 g/mol. The number of guanidine groups is 1. The van der Waals surface area contributed by atoms with Crippen LogP contribution >= 0.6 is 0 Å². The standard InChI is InChI=1S/C19H38N4O3/c1-15(2)14-25-13-7-10-21-17(20-6)22-11-12-23(16-8-9-16)18(24)26-19(3,4)5/h15-16H,7-14H2,1-6H3,(H2,20,21,22). The Hall–Kier alpha value is -1.50. The van der Waals surface area contributed by atoms with Crippen LogP contribution in [-0.2, 0) is 9.47 Å². The van der Waals surface area contributed by atoms with Crippen molar-refractivity contribution in [3.63, 3.8) is 0 Å². The van der Waals surface area contributed by atoms with Crippen LogP contribution in [0.15, 0.2) is 4.99 Å². The first-order chi connectivity index (χ1) is 12.2. The van der Waals surface area contributed by atoms with Gasteiger partial charge in [0.05, 0.1) is 0 Å². The fraction of sp³-hybridized carbons (Fsp3) is 0.895. The van der Waals surface area contributed by atoms with Gasteiger partial charge in [-0.2, -0.15) is 0 Å². The fourth-order valence-corrected chi connectivity index (χ4v) is 2.35. The zero-order chi connectivity index (χ0) is 19.6. The van der Waals surface area contributed by atoms with Gasteiger partial charge in [0.15, 0.2) is 5.96 Å². The predicted molar refractivity (Wildman–Crippen MR) is 106 cm³/mol. The molecule has 2 N–H and O–H groups in total. The lowest BCUT2D eigenvalue weighted by atomic mass is 10.2. The first-order valence-corrected chi connectivity index (χ1v) is 9.75. The van der Waals surface area contributed by atoms with Crippen molar-refractivity contribution in [2.24, 2.45) is 10.9 Å². The van der Waals surface area contributed by atoms with Crippen molar-refractivity contribution in [2.45, 2.75) is 65.5 Å². The van der Waals surface area contributed by atoms with E-state index in [9.17, 15) is 4.79 Å². The summed E-state index contributed by atoms with van der Waals surface area (Å²) in [5.41, 5.74) is -0.465. The Morgan fingerprint density at radius 2 is 1.88 bits per heavy atom. The molecule has 0 spiro atoms. The van der Waals surface area contributed by atoms with Crippen molar-refractivity contribution in [3.8, 4) is 0 Å². The van der Waals surface area contributed by atoms with Gasteiger partial charge < -0.3 is 25.0 Å². The number of nitrogens with zero attached hydrogens (tertiary/aromatic N) is 2. The van der Waals surface area contributed by atoms with Gasteiger partial charge in [-0.1, -0.05) is 13.8 Å². The third-order valence-corrected chi connectivity index (χ3v) is 3.69. The first kappa shape index (κ1) is 22.5. The largest absolute Gasteiger partial charge is 0.444 e. The normalized spacial score (nSPS) is 15.1. The second-order valence-electron chi connectivity index (χ2n) is 8.15. The van der Waals surface area contributed by atoms with E-state index in [4.69, 9.17) is 9.47 Å². The lowest BCUT2D eigenvalue weighted by Gasteiger charge is -2.27. The molecule has 0 unspecified atom stereocenters. The summed E-state index contributed by atoms with van der Waals surface area (Å²) >= 11 is 0. The van der Waals surface area contributed by atoms with E-state index in [1.807, 2.05) is 25.7 Å². The van der Waals surface area contributed by atoms with Crippen LogP contribution in [0.5, 0.6) is 0 Å². The second-order valence-corrected chi connectivity index (χ2v) is 8.15. The molecule has 0 radical (unpaired) electrons. The highest BCUT2D eigenvalue weighted by atomic mass is 16.6. The number of aliphatic imine (C=N–C) groups is 1. The number of hydrogen-bond acceptors (Lipinski definition) is 4. The average molecular weight is 371 g/mol. The summed E-state index contributed by atoms with van der Waals surface area (Å²) in [4.78, 5) is 18.4. The molecule has 0 aromatic rings. The number of carbonyl (C=O) groups is 1. The molecule has 152 valence electrons. The van der Waals surface area contributed by atoms with Gasteiger partial charge in [0.2, 0.25) is 0 Å². The van der Waals surface area contributed by atoms with Gasteiger partial charge >= 0.3 is 6.09 Å². The van der Waals surface area contributed by atoms with Crippen molar-refractivity contribution >= 4 is 12.1 Å². The summed E-state index contributed by atoms with van der Waals surface area (Å²) < 4.78 is 11.1. The zero-order valence-electron chi connectivity index (χ0n) is 17.4. The van der Waals surface area contributed by atoms with E-state index in [0.717, 1.165) is 45.0 Å². The molecule has 0 bridgehead atoms. The van der Waals surface area contributed by atoms with E-state index in [1.54, 1.807) is 7.05 Å². The SMILES string of the molecule is CN=C(NCCCOCC(C)C)NCCN(C(=O)OC(C)(C)C)C1CC1. The third kappa shape index (κ3) is 10.5. The first-order valence-electron chi connectivity index (χ1n) is 9.75. The highest BCUT2D eigenvalue weighted by Gasteiger charge is 2.34. The summed E-state index contributed by atoms with van der Waals surface area (Å²) in [5, 5.41) is 6.53. The minimum absolute atomic E-state index is 0.230. The van der Waals surface area contributed by atoms with Gasteiger partial charge in [-0.25, -0.2) is 4.79 Å². The minimum atomic E-state index is -0.465. The summed E-state index contributed by atoms with van der Waals surface area (Å²) in [6, 6.07) is 0.319. The summed E-state index contributed by atoms with van der Waals surface area (Å²) in [5.74, 6) is 1.31. The maximum atomic E-state index is 12.3. The third-order valence-electron chi connectivity index (χ3n) is 3.69. The van der Waals surface area contributed by atoms with E-state index in [1.165, 1.54) is 0 Å². The molecule has 1 saturated carbocycles. The van der Waals surface area contributed by atoms with Gasteiger partial charge in [0.25, 0.3) is 0 Å². The highest BCUT2D eigenvalue weighted by Crippen LogP contribution is 2.27. The van der Waals surface area contributed by atoms with E-state index in [0.29, 0.717) is 25.0 Å². The van der Waals surface area contributed by atoms with Crippen LogP contribution in [0.1, 0.15) is 53.9 Å². The lowest BCUT2D eigenvalue weighted by Crippen LogP contribution is -2.45. The quantitative estimate of drug-likeness (QED) is 0.351. The van der Waals surface area contributed by atoms with Crippen LogP contribution < -0.4 is 10.6 Å². The Labute approximate surface area is 158 Å². The van der Waals surface area contributed by atoms with Gasteiger partial charge in [-0.05, 0) is 46.0 Å². The zero-order valence-corrected chi connectivity index (χ0v) is 17.4. The molecule has 0 saturated heterocycles. The number of rotatable bonds is 10. The minimum Gasteiger partial charge on any atom is -0.444 e. The van der Waals surface area contributed by atoms with Crippen LogP contribution in [0.4, 0.5) is 4.79 Å². The molecular formula is C19H38N4O3. The van der Waals surface area contributed by atoms with E-state index < -0.39 is 5.60 Å². The Morgan fingerprint density at radius 1 is 1.23 bits per heavy atom. The van der Waals surface area contributed by atoms with Crippen molar-refractivity contribution in [1.82, 2.24) is 15.5 Å². The van der Waals surface area contributed by atoms with Gasteiger partial charge in [0, 0.05) is 45.9 Å². The molecule has 1 fully saturated rings. The molecule has 26 heavy (non-hydrogen) atoms. The fourth-order valence-electron chi connectivity index (χ4n) is 2.35. The van der Waals surface area contributed by atoms with E-state index >= 15 is 0 Å². The number of amides is 1. The molecule has 0 aromatic heterocycles. The molecule has 1 aliphatic carbocycles. The van der Waals surface area contributed by atoms with Gasteiger partial charge in [-0.15, -0.1) is 0 Å². The highest BCUT2D eigenvalue weighted by molar-refractivity contribution is 5.79. The van der Waals surface area contributed by atoms with Crippen molar-refractivity contribution in [1.29, 1.82) is 0 Å². The van der Waals surface area contributed by atoms with Crippen LogP contribution in [0.25, 0.3) is 0 Å². The Kier molecular flexibility index (Phi) is 9.76. The Bertz CT molecular complexity index is 443. The maximum absolute atomic E-state index is 12.3. The van der Waals surface area contributed by atoms with Crippen molar-refractivity contribution < 1.29 is 14.3 Å². The predicted octanol–water partition coefficient (Wildman–Crippen LogP) is 2.61. The number of nitrogens with one attached hydrogen (secondary N) is 2. The molecule has 1 rings (SSSR count). The molecule has 0 heterocycles. The molecule has 7 nitrogen and oxygen atoms in total. The van der Waals surface area contributed by atoms with Crippen LogP contribution in [-0.4, -0.2) is 68.5 Å². The molecule has 0 aliphatic heterocycles. The van der Waals surface area contributed by atoms with Gasteiger partial charge in [0.1, 0.15) is 5.60 Å². The number of carbonyl (C=O) groups excluding carboxylic acids is 1. The van der Waals surface area contributed by atoms with Crippen LogP contribution in [0, 0.1) is 5.92 Å². The van der Waals surface area contributed by atoms with Crippen LogP contribution in [0.3, 0.4) is 0 Å². The van der Waals surface area contributed by atoms with E-state index in [2.05, 4.69) is 29.5 Å². The van der Waals surface area contributed by atoms with Gasteiger partial charge in [-0.3, -0.25) is 4.99 Å². The molecule has 0 atom stereocenters. The number of ether oxygens (including phenoxy) is 2. The van der Waals surface area contributed by atoms with Crippen molar-refractivity contribution in [3.05, 3.63) is 0 Å². The molecular weight excluding hydrogens is 332 g/mol. The van der Waals surface area contributed by atoms with Crippen molar-refractivity contribution in [2.75, 3.05) is 39.9 Å². The molecule has 1 aliphatic rings. The molecule has 1 amide bonds. The molecule has 0 aromatic carbocycles. The maximum Gasteiger partial charge on any atom is 0.410 e. The topological polar surface area (TPSA) is 75.2 Å². The average Bonchev–Trinajstić information content (AvgIpc) is 3.35. The second kappa shape index (κ2) is 11.3. The summed E-state index contributed by atoms with van der Waals surface area (Å²) in [6.45, 7) is 13.6. The molecule has 7 heteroatoms.